The summed E-state index contributed by atoms with van der Waals surface area (Å²) < 4.78 is 12.6. The fourth-order valence-electron chi connectivity index (χ4n) is 3.32. The van der Waals surface area contributed by atoms with Crippen molar-refractivity contribution in [3.05, 3.63) is 31.3 Å². The maximum Gasteiger partial charge on any atom is 0.413 e. The number of ether oxygens (including phenoxy) is 2. The van der Waals surface area contributed by atoms with Crippen molar-refractivity contribution in [1.29, 1.82) is 0 Å². The monoisotopic (exact) mass is 423 g/mol. The third-order valence-corrected chi connectivity index (χ3v) is 6.19. The van der Waals surface area contributed by atoms with Crippen molar-refractivity contribution in [3.8, 4) is 0 Å². The first kappa shape index (κ1) is 21.1. The van der Waals surface area contributed by atoms with E-state index in [0.717, 1.165) is 10.4 Å². The minimum atomic E-state index is -0.581. The van der Waals surface area contributed by atoms with E-state index in [0.29, 0.717) is 55.5 Å². The Labute approximate surface area is 171 Å². The Kier molecular flexibility index (Phi) is 6.38. The first-order chi connectivity index (χ1) is 13.9. The molecule has 2 aromatic heterocycles. The summed E-state index contributed by atoms with van der Waals surface area (Å²) in [5, 5.41) is 3.17. The molecule has 2 aromatic rings. The molecule has 0 unspecified atom stereocenters. The number of aliphatic imine (C=N–C) groups is 1. The lowest BCUT2D eigenvalue weighted by Crippen LogP contribution is -2.41. The van der Waals surface area contributed by atoms with Crippen LogP contribution in [0.25, 0.3) is 10.2 Å². The second-order valence-electron chi connectivity index (χ2n) is 6.55. The topological polar surface area (TPSA) is 107 Å². The lowest BCUT2D eigenvalue weighted by atomic mass is 10.2. The molecule has 1 aliphatic rings. The number of methoxy groups -OCH3 is 2. The molecule has 1 amide bonds. The summed E-state index contributed by atoms with van der Waals surface area (Å²) in [5.74, 6) is 0.441. The van der Waals surface area contributed by atoms with E-state index in [4.69, 9.17) is 4.74 Å². The van der Waals surface area contributed by atoms with Crippen molar-refractivity contribution in [2.45, 2.75) is 33.5 Å². The quantitative estimate of drug-likeness (QED) is 0.734. The maximum atomic E-state index is 12.9. The molecule has 11 heteroatoms. The number of thiophene rings is 1. The third-order valence-electron chi connectivity index (χ3n) is 4.89. The number of carbonyl (C=O) groups excluding carboxylic acids is 1. The van der Waals surface area contributed by atoms with Gasteiger partial charge in [0.1, 0.15) is 4.83 Å². The summed E-state index contributed by atoms with van der Waals surface area (Å²) in [6.45, 7) is 6.38. The van der Waals surface area contributed by atoms with Gasteiger partial charge in [0.15, 0.2) is 0 Å². The molecule has 158 valence electrons. The minimum Gasteiger partial charge on any atom is -0.453 e. The van der Waals surface area contributed by atoms with E-state index in [1.54, 1.807) is 18.6 Å². The third kappa shape index (κ3) is 3.92. The summed E-state index contributed by atoms with van der Waals surface area (Å²) in [5.41, 5.74) is 0.238. The lowest BCUT2D eigenvalue weighted by molar-refractivity contribution is 0.175. The first-order valence-corrected chi connectivity index (χ1v) is 10.1. The number of fused-ring (bicyclic) bond motifs is 1. The van der Waals surface area contributed by atoms with Crippen LogP contribution in [-0.2, 0) is 29.1 Å². The number of aryl methyl sites for hydroxylation is 1. The minimum absolute atomic E-state index is 0.274. The van der Waals surface area contributed by atoms with Crippen LogP contribution >= 0.6 is 11.3 Å². The number of hydrogen-bond donors (Lipinski definition) is 1. The van der Waals surface area contributed by atoms with Gasteiger partial charge in [-0.05, 0) is 19.4 Å². The van der Waals surface area contributed by atoms with Crippen LogP contribution < -0.4 is 16.6 Å². The van der Waals surface area contributed by atoms with Gasteiger partial charge in [0.05, 0.1) is 38.7 Å². The zero-order chi connectivity index (χ0) is 21.1. The molecule has 3 rings (SSSR count). The van der Waals surface area contributed by atoms with Crippen LogP contribution in [0.2, 0.25) is 0 Å². The summed E-state index contributed by atoms with van der Waals surface area (Å²) in [7, 11) is 2.87. The Balaban J connectivity index is 2.04. The zero-order valence-electron chi connectivity index (χ0n) is 17.0. The van der Waals surface area contributed by atoms with Crippen LogP contribution in [0.3, 0.4) is 0 Å². The molecule has 0 atom stereocenters. The zero-order valence-corrected chi connectivity index (χ0v) is 17.8. The lowest BCUT2D eigenvalue weighted by Gasteiger charge is -2.19. The molecule has 1 N–H and O–H groups in total. The van der Waals surface area contributed by atoms with E-state index < -0.39 is 6.09 Å². The Morgan fingerprint density at radius 2 is 2.03 bits per heavy atom. The molecule has 0 aromatic carbocycles. The average Bonchev–Trinajstić information content (AvgIpc) is 3.27. The fraction of sp³-hybridized carbons (Fsp3) is 0.556. The predicted octanol–water partition coefficient (Wildman–Crippen LogP) is 0.727. The Morgan fingerprint density at radius 3 is 2.69 bits per heavy atom. The van der Waals surface area contributed by atoms with Gasteiger partial charge in [0, 0.05) is 25.1 Å². The SMILES string of the molecule is CCn1c(=O)c2c(C)c(CN3CCN=C3NC(=O)OC)sc2n(CCOC)c1=O. The van der Waals surface area contributed by atoms with Gasteiger partial charge in [0.25, 0.3) is 5.56 Å². The van der Waals surface area contributed by atoms with E-state index in [9.17, 15) is 14.4 Å². The highest BCUT2D eigenvalue weighted by Crippen LogP contribution is 2.29. The van der Waals surface area contributed by atoms with Gasteiger partial charge >= 0.3 is 11.8 Å². The van der Waals surface area contributed by atoms with Crippen molar-refractivity contribution < 1.29 is 14.3 Å². The van der Waals surface area contributed by atoms with Crippen LogP contribution in [0.4, 0.5) is 4.79 Å². The number of nitrogens with one attached hydrogen (secondary N) is 1. The van der Waals surface area contributed by atoms with Crippen molar-refractivity contribution in [3.63, 3.8) is 0 Å². The second kappa shape index (κ2) is 8.78. The van der Waals surface area contributed by atoms with E-state index in [1.165, 1.54) is 23.0 Å². The number of hydrogen-bond acceptors (Lipinski definition) is 8. The van der Waals surface area contributed by atoms with Crippen molar-refractivity contribution in [2.24, 2.45) is 4.99 Å². The molecule has 3 heterocycles. The molecule has 0 saturated heterocycles. The highest BCUT2D eigenvalue weighted by Gasteiger charge is 2.24. The van der Waals surface area contributed by atoms with Crippen LogP contribution in [0.5, 0.6) is 0 Å². The molecule has 0 aliphatic carbocycles. The van der Waals surface area contributed by atoms with Crippen molar-refractivity contribution in [1.82, 2.24) is 19.4 Å². The van der Waals surface area contributed by atoms with E-state index in [-0.39, 0.29) is 11.2 Å². The number of rotatable bonds is 6. The second-order valence-corrected chi connectivity index (χ2v) is 7.63. The van der Waals surface area contributed by atoms with Crippen LogP contribution in [0.15, 0.2) is 14.6 Å². The Bertz CT molecular complexity index is 1070. The Hall–Kier alpha value is -2.66. The highest BCUT2D eigenvalue weighted by molar-refractivity contribution is 7.18. The van der Waals surface area contributed by atoms with E-state index in [2.05, 4.69) is 15.0 Å². The number of alkyl carbamates (subject to hydrolysis) is 1. The van der Waals surface area contributed by atoms with Gasteiger partial charge in [0.2, 0.25) is 5.96 Å². The molecule has 0 radical (unpaired) electrons. The molecule has 29 heavy (non-hydrogen) atoms. The van der Waals surface area contributed by atoms with Gasteiger partial charge in [-0.1, -0.05) is 0 Å². The van der Waals surface area contributed by atoms with Gasteiger partial charge in [-0.15, -0.1) is 11.3 Å². The number of amides is 1. The van der Waals surface area contributed by atoms with Gasteiger partial charge in [-0.3, -0.25) is 24.2 Å². The van der Waals surface area contributed by atoms with Gasteiger partial charge < -0.3 is 14.4 Å². The number of nitrogens with zero attached hydrogens (tertiary/aromatic N) is 4. The van der Waals surface area contributed by atoms with Crippen molar-refractivity contribution in [2.75, 3.05) is 33.9 Å². The average molecular weight is 423 g/mol. The Morgan fingerprint density at radius 1 is 1.28 bits per heavy atom. The first-order valence-electron chi connectivity index (χ1n) is 9.31. The molecule has 0 saturated carbocycles. The highest BCUT2D eigenvalue weighted by atomic mass is 32.1. The summed E-state index contributed by atoms with van der Waals surface area (Å²) in [6, 6.07) is 0. The smallest absolute Gasteiger partial charge is 0.413 e. The number of guanidine groups is 1. The summed E-state index contributed by atoms with van der Waals surface area (Å²) >= 11 is 1.42. The standard InChI is InChI=1S/C18H25N5O5S/c1-5-22-14(24)13-11(2)12(29-15(13)23(18(22)26)8-9-27-3)10-21-7-6-19-16(21)20-17(25)28-4/h5-10H2,1-4H3,(H,19,20,25). The van der Waals surface area contributed by atoms with Crippen LogP contribution in [0.1, 0.15) is 17.4 Å². The summed E-state index contributed by atoms with van der Waals surface area (Å²) in [4.78, 5) is 45.1. The molecule has 0 bridgehead atoms. The predicted molar refractivity (Wildman–Crippen MR) is 111 cm³/mol. The van der Waals surface area contributed by atoms with E-state index in [1.807, 2.05) is 11.8 Å². The van der Waals surface area contributed by atoms with Gasteiger partial charge in [-0.2, -0.15) is 0 Å². The number of carbonyl (C=O) groups is 1. The fourth-order valence-corrected chi connectivity index (χ4v) is 4.65. The molecule has 0 spiro atoms. The van der Waals surface area contributed by atoms with Crippen molar-refractivity contribution >= 4 is 33.6 Å². The number of aromatic nitrogens is 2. The van der Waals surface area contributed by atoms with E-state index >= 15 is 0 Å². The normalized spacial score (nSPS) is 13.8. The molecule has 10 nitrogen and oxygen atoms in total. The molecular formula is C18H25N5O5S. The largest absolute Gasteiger partial charge is 0.453 e. The molecule has 1 aliphatic heterocycles. The van der Waals surface area contributed by atoms with Crippen LogP contribution in [0, 0.1) is 6.92 Å². The van der Waals surface area contributed by atoms with Crippen LogP contribution in [-0.4, -0.2) is 60.0 Å². The molecular weight excluding hydrogens is 398 g/mol. The van der Waals surface area contributed by atoms with Gasteiger partial charge in [-0.25, -0.2) is 9.59 Å². The maximum absolute atomic E-state index is 12.9. The molecule has 0 fully saturated rings. The summed E-state index contributed by atoms with van der Waals surface area (Å²) in [6.07, 6.45) is -0.581.